The van der Waals surface area contributed by atoms with Gasteiger partial charge < -0.3 is 5.11 Å². The van der Waals surface area contributed by atoms with Crippen LogP contribution in [0, 0.1) is 5.82 Å². The summed E-state index contributed by atoms with van der Waals surface area (Å²) in [5.74, 6) is -1.56. The zero-order valence-corrected chi connectivity index (χ0v) is 16.1. The van der Waals surface area contributed by atoms with Gasteiger partial charge in [0.2, 0.25) is 10.0 Å². The van der Waals surface area contributed by atoms with Crippen LogP contribution in [0.2, 0.25) is 0 Å². The fourth-order valence-electron chi connectivity index (χ4n) is 3.18. The molecule has 4 rings (SSSR count). The number of aromatic carboxylic acids is 1. The summed E-state index contributed by atoms with van der Waals surface area (Å²) in [4.78, 5) is 12.1. The van der Waals surface area contributed by atoms with Gasteiger partial charge in [-0.3, -0.25) is 0 Å². The standard InChI is InChI=1S/C18H14FN3O4S2/c1-9-14-8-10(19)2-7-13(14)16-17(27-9)15(18(23)24)21-22(16)11-3-5-12(6-4-11)28(20,25)26/h2-9H,1H3,(H,23,24)(H2,20,25,26). The van der Waals surface area contributed by atoms with Crippen molar-refractivity contribution < 1.29 is 22.7 Å². The lowest BCUT2D eigenvalue weighted by Crippen LogP contribution is -2.12. The molecule has 0 aliphatic carbocycles. The van der Waals surface area contributed by atoms with Gasteiger partial charge in [-0.2, -0.15) is 5.10 Å². The van der Waals surface area contributed by atoms with Gasteiger partial charge in [-0.15, -0.1) is 11.8 Å². The van der Waals surface area contributed by atoms with E-state index in [1.807, 2.05) is 6.92 Å². The molecule has 3 aromatic rings. The predicted molar refractivity (Wildman–Crippen MR) is 102 cm³/mol. The number of rotatable bonds is 3. The fraction of sp³-hybridized carbons (Fsp3) is 0.111. The first-order valence-electron chi connectivity index (χ1n) is 8.13. The molecule has 0 amide bonds. The van der Waals surface area contributed by atoms with Crippen LogP contribution in [0.15, 0.2) is 52.3 Å². The van der Waals surface area contributed by atoms with Gasteiger partial charge in [0.05, 0.1) is 21.2 Å². The van der Waals surface area contributed by atoms with Crippen LogP contribution in [-0.2, 0) is 10.0 Å². The second-order valence-electron chi connectivity index (χ2n) is 6.27. The Labute approximate surface area is 164 Å². The van der Waals surface area contributed by atoms with Gasteiger partial charge in [-0.25, -0.2) is 27.4 Å². The summed E-state index contributed by atoms with van der Waals surface area (Å²) in [6.45, 7) is 1.87. The molecule has 2 heterocycles. The van der Waals surface area contributed by atoms with Crippen LogP contribution >= 0.6 is 11.8 Å². The van der Waals surface area contributed by atoms with Crippen molar-refractivity contribution in [3.05, 3.63) is 59.5 Å². The van der Waals surface area contributed by atoms with Crippen molar-refractivity contribution in [1.82, 2.24) is 9.78 Å². The van der Waals surface area contributed by atoms with Crippen molar-refractivity contribution >= 4 is 27.8 Å². The predicted octanol–water partition coefficient (Wildman–Crippen LogP) is 3.19. The number of carbonyl (C=O) groups is 1. The molecule has 0 bridgehead atoms. The summed E-state index contributed by atoms with van der Waals surface area (Å²) in [5, 5.41) is 18.8. The highest BCUT2D eigenvalue weighted by Crippen LogP contribution is 2.50. The number of hydrogen-bond acceptors (Lipinski definition) is 5. The minimum absolute atomic E-state index is 0.0683. The van der Waals surface area contributed by atoms with Crippen molar-refractivity contribution in [2.75, 3.05) is 0 Å². The van der Waals surface area contributed by atoms with E-state index in [-0.39, 0.29) is 21.7 Å². The highest BCUT2D eigenvalue weighted by molar-refractivity contribution is 7.99. The monoisotopic (exact) mass is 419 g/mol. The van der Waals surface area contributed by atoms with Gasteiger partial charge in [0.15, 0.2) is 5.69 Å². The molecule has 0 saturated heterocycles. The van der Waals surface area contributed by atoms with Crippen LogP contribution in [0.4, 0.5) is 4.39 Å². The molecule has 10 heteroatoms. The molecule has 7 nitrogen and oxygen atoms in total. The van der Waals surface area contributed by atoms with Gasteiger partial charge in [0.1, 0.15) is 5.82 Å². The molecule has 28 heavy (non-hydrogen) atoms. The third-order valence-electron chi connectivity index (χ3n) is 4.46. The first-order chi connectivity index (χ1) is 13.2. The minimum atomic E-state index is -3.86. The van der Waals surface area contributed by atoms with Crippen LogP contribution in [0.1, 0.15) is 28.2 Å². The first kappa shape index (κ1) is 18.7. The van der Waals surface area contributed by atoms with E-state index in [1.165, 1.54) is 52.8 Å². The average molecular weight is 419 g/mol. The number of primary sulfonamides is 1. The zero-order valence-electron chi connectivity index (χ0n) is 14.5. The van der Waals surface area contributed by atoms with Crippen LogP contribution < -0.4 is 5.14 Å². The number of nitrogens with zero attached hydrogens (tertiary/aromatic N) is 2. The van der Waals surface area contributed by atoms with E-state index in [4.69, 9.17) is 5.14 Å². The SMILES string of the molecule is CC1Sc2c(C(=O)O)nn(-c3ccc(S(N)(=O)=O)cc3)c2-c2ccc(F)cc21. The van der Waals surface area contributed by atoms with Crippen molar-refractivity contribution in [3.63, 3.8) is 0 Å². The van der Waals surface area contributed by atoms with E-state index in [9.17, 15) is 22.7 Å². The third kappa shape index (κ3) is 2.99. The van der Waals surface area contributed by atoms with Crippen molar-refractivity contribution in [1.29, 1.82) is 0 Å². The number of aromatic nitrogens is 2. The molecule has 3 N–H and O–H groups in total. The number of hydrogen-bond donors (Lipinski definition) is 2. The van der Waals surface area contributed by atoms with E-state index in [0.29, 0.717) is 21.8 Å². The van der Waals surface area contributed by atoms with E-state index < -0.39 is 16.0 Å². The summed E-state index contributed by atoms with van der Waals surface area (Å²) in [5.41, 5.74) is 2.28. The van der Waals surface area contributed by atoms with Crippen molar-refractivity contribution in [3.8, 4) is 16.9 Å². The number of nitrogens with two attached hydrogens (primary N) is 1. The first-order valence-corrected chi connectivity index (χ1v) is 10.6. The van der Waals surface area contributed by atoms with Crippen LogP contribution in [-0.4, -0.2) is 29.3 Å². The van der Waals surface area contributed by atoms with Gasteiger partial charge in [0.25, 0.3) is 0 Å². The molecule has 1 unspecified atom stereocenters. The minimum Gasteiger partial charge on any atom is -0.476 e. The lowest BCUT2D eigenvalue weighted by atomic mass is 10.0. The molecule has 0 radical (unpaired) electrons. The van der Waals surface area contributed by atoms with Crippen molar-refractivity contribution in [2.45, 2.75) is 22.0 Å². The molecule has 1 atom stereocenters. The largest absolute Gasteiger partial charge is 0.476 e. The average Bonchev–Trinajstić information content (AvgIpc) is 3.01. The Balaban J connectivity index is 1.97. The quantitative estimate of drug-likeness (QED) is 0.674. The summed E-state index contributed by atoms with van der Waals surface area (Å²) < 4.78 is 38.1. The Morgan fingerprint density at radius 3 is 2.54 bits per heavy atom. The Bertz CT molecular complexity index is 1220. The zero-order chi connectivity index (χ0) is 20.2. The number of halogens is 1. The smallest absolute Gasteiger partial charge is 0.357 e. The van der Waals surface area contributed by atoms with E-state index >= 15 is 0 Å². The van der Waals surface area contributed by atoms with Crippen LogP contribution in [0.3, 0.4) is 0 Å². The second kappa shape index (κ2) is 6.43. The van der Waals surface area contributed by atoms with E-state index in [1.54, 1.807) is 6.07 Å². The maximum atomic E-state index is 13.8. The number of benzene rings is 2. The number of sulfonamides is 1. The number of thioether (sulfide) groups is 1. The van der Waals surface area contributed by atoms with Gasteiger partial charge in [-0.05, 0) is 55.0 Å². The van der Waals surface area contributed by atoms with Gasteiger partial charge in [-0.1, -0.05) is 0 Å². The number of fused-ring (bicyclic) bond motifs is 3. The Hall–Kier alpha value is -2.69. The Morgan fingerprint density at radius 1 is 1.25 bits per heavy atom. The lowest BCUT2D eigenvalue weighted by Gasteiger charge is -2.23. The Morgan fingerprint density at radius 2 is 1.93 bits per heavy atom. The second-order valence-corrected chi connectivity index (χ2v) is 9.19. The number of carboxylic acids is 1. The molecular formula is C18H14FN3O4S2. The van der Waals surface area contributed by atoms with Gasteiger partial charge in [0, 0.05) is 10.8 Å². The normalized spacial score (nSPS) is 15.8. The Kier molecular flexibility index (Phi) is 4.29. The molecule has 0 fully saturated rings. The van der Waals surface area contributed by atoms with Crippen LogP contribution in [0.25, 0.3) is 16.9 Å². The maximum absolute atomic E-state index is 13.8. The summed E-state index contributed by atoms with van der Waals surface area (Å²) in [6.07, 6.45) is 0. The number of carboxylic acid groups (broad SMARTS) is 1. The molecule has 144 valence electrons. The van der Waals surface area contributed by atoms with E-state index in [0.717, 1.165) is 5.56 Å². The maximum Gasteiger partial charge on any atom is 0.357 e. The summed E-state index contributed by atoms with van der Waals surface area (Å²) in [6, 6.07) is 9.97. The molecule has 2 aromatic carbocycles. The molecule has 0 saturated carbocycles. The third-order valence-corrected chi connectivity index (χ3v) is 6.61. The molecule has 1 aromatic heterocycles. The lowest BCUT2D eigenvalue weighted by molar-refractivity contribution is 0.0686. The molecule has 1 aliphatic rings. The topological polar surface area (TPSA) is 115 Å². The fourth-order valence-corrected chi connectivity index (χ4v) is 4.92. The highest BCUT2D eigenvalue weighted by Gasteiger charge is 2.32. The van der Waals surface area contributed by atoms with Crippen LogP contribution in [0.5, 0.6) is 0 Å². The summed E-state index contributed by atoms with van der Waals surface area (Å²) >= 11 is 1.29. The molecular weight excluding hydrogens is 405 g/mol. The van der Waals surface area contributed by atoms with Gasteiger partial charge >= 0.3 is 5.97 Å². The summed E-state index contributed by atoms with van der Waals surface area (Å²) in [7, 11) is -3.86. The van der Waals surface area contributed by atoms with E-state index in [2.05, 4.69) is 5.10 Å². The molecule has 0 spiro atoms. The van der Waals surface area contributed by atoms with Crippen molar-refractivity contribution in [2.24, 2.45) is 5.14 Å². The highest BCUT2D eigenvalue weighted by atomic mass is 32.2. The molecule has 1 aliphatic heterocycles.